The number of thiophene rings is 1. The minimum atomic E-state index is 0.282. The van der Waals surface area contributed by atoms with E-state index in [1.807, 2.05) is 11.3 Å². The van der Waals surface area contributed by atoms with Crippen LogP contribution in [0, 0.1) is 0 Å². The highest BCUT2D eigenvalue weighted by Crippen LogP contribution is 2.29. The van der Waals surface area contributed by atoms with E-state index in [-0.39, 0.29) is 5.41 Å². The van der Waals surface area contributed by atoms with Crippen LogP contribution < -0.4 is 5.32 Å². The topological polar surface area (TPSA) is 15.3 Å². The Labute approximate surface area is 122 Å². The van der Waals surface area contributed by atoms with Crippen molar-refractivity contribution in [3.8, 4) is 0 Å². The largest absolute Gasteiger partial charge is 0.308 e. The molecule has 0 saturated carbocycles. The van der Waals surface area contributed by atoms with Crippen molar-refractivity contribution >= 4 is 11.3 Å². The number of likely N-dealkylation sites (tertiary alicyclic amines) is 1. The highest BCUT2D eigenvalue weighted by molar-refractivity contribution is 7.12. The number of nitrogens with one attached hydrogen (secondary N) is 1. The van der Waals surface area contributed by atoms with E-state index in [1.165, 1.54) is 42.2 Å². The van der Waals surface area contributed by atoms with E-state index in [4.69, 9.17) is 0 Å². The van der Waals surface area contributed by atoms with Crippen molar-refractivity contribution in [2.45, 2.75) is 58.5 Å². The molecule has 0 bridgehead atoms. The smallest absolute Gasteiger partial charge is 0.0302 e. The van der Waals surface area contributed by atoms with Gasteiger partial charge in [0.25, 0.3) is 0 Å². The highest BCUT2D eigenvalue weighted by Gasteiger charge is 2.17. The molecule has 0 aliphatic carbocycles. The van der Waals surface area contributed by atoms with Crippen LogP contribution in [0.25, 0.3) is 0 Å². The Hall–Kier alpha value is -0.380. The summed E-state index contributed by atoms with van der Waals surface area (Å²) in [5.41, 5.74) is 0.282. The molecule has 1 unspecified atom stereocenters. The highest BCUT2D eigenvalue weighted by atomic mass is 32.1. The maximum absolute atomic E-state index is 3.66. The molecule has 1 N–H and O–H groups in total. The van der Waals surface area contributed by atoms with E-state index in [1.54, 1.807) is 0 Å². The second kappa shape index (κ2) is 6.38. The van der Waals surface area contributed by atoms with Crippen molar-refractivity contribution in [3.05, 3.63) is 21.9 Å². The first kappa shape index (κ1) is 15.0. The SMILES string of the molecule is CC(CN1CCCC1)NCc1ccc(C(C)(C)C)s1. The zero-order valence-electron chi connectivity index (χ0n) is 12.8. The number of nitrogens with zero attached hydrogens (tertiary/aromatic N) is 1. The van der Waals surface area contributed by atoms with Crippen LogP contribution in [0.2, 0.25) is 0 Å². The first-order chi connectivity index (χ1) is 8.95. The predicted molar refractivity (Wildman–Crippen MR) is 85.0 cm³/mol. The van der Waals surface area contributed by atoms with Gasteiger partial charge in [-0.25, -0.2) is 0 Å². The Morgan fingerprint density at radius 2 is 1.95 bits per heavy atom. The van der Waals surface area contributed by atoms with E-state index >= 15 is 0 Å². The van der Waals surface area contributed by atoms with Crippen LogP contribution in [-0.4, -0.2) is 30.6 Å². The maximum atomic E-state index is 3.66. The van der Waals surface area contributed by atoms with Crippen molar-refractivity contribution in [3.63, 3.8) is 0 Å². The number of rotatable bonds is 5. The Morgan fingerprint density at radius 1 is 1.26 bits per heavy atom. The zero-order chi connectivity index (χ0) is 13.9. The lowest BCUT2D eigenvalue weighted by Crippen LogP contribution is -2.37. The van der Waals surface area contributed by atoms with Crippen LogP contribution in [0.4, 0.5) is 0 Å². The van der Waals surface area contributed by atoms with Crippen LogP contribution in [0.1, 0.15) is 50.3 Å². The minimum Gasteiger partial charge on any atom is -0.308 e. The quantitative estimate of drug-likeness (QED) is 0.886. The number of hydrogen-bond donors (Lipinski definition) is 1. The average molecular weight is 280 g/mol. The lowest BCUT2D eigenvalue weighted by atomic mass is 9.95. The summed E-state index contributed by atoms with van der Waals surface area (Å²) in [6, 6.07) is 5.14. The zero-order valence-corrected chi connectivity index (χ0v) is 13.6. The summed E-state index contributed by atoms with van der Waals surface area (Å²) in [6.45, 7) is 13.9. The van der Waals surface area contributed by atoms with Gasteiger partial charge in [0.05, 0.1) is 0 Å². The van der Waals surface area contributed by atoms with Crippen LogP contribution in [0.5, 0.6) is 0 Å². The molecule has 108 valence electrons. The van der Waals surface area contributed by atoms with E-state index in [9.17, 15) is 0 Å². The molecule has 1 saturated heterocycles. The lowest BCUT2D eigenvalue weighted by Gasteiger charge is -2.21. The summed E-state index contributed by atoms with van der Waals surface area (Å²) in [7, 11) is 0. The molecule has 1 aromatic heterocycles. The first-order valence-electron chi connectivity index (χ1n) is 7.50. The summed E-state index contributed by atoms with van der Waals surface area (Å²) in [5, 5.41) is 3.66. The summed E-state index contributed by atoms with van der Waals surface area (Å²) >= 11 is 1.95. The fourth-order valence-electron chi connectivity index (χ4n) is 2.57. The third kappa shape index (κ3) is 4.59. The molecule has 1 atom stereocenters. The Balaban J connectivity index is 1.76. The van der Waals surface area contributed by atoms with Gasteiger partial charge in [-0.1, -0.05) is 20.8 Å². The fraction of sp³-hybridized carbons (Fsp3) is 0.750. The molecule has 0 spiro atoms. The van der Waals surface area contributed by atoms with Gasteiger partial charge in [-0.15, -0.1) is 11.3 Å². The second-order valence-electron chi connectivity index (χ2n) is 6.81. The molecular formula is C16H28N2S. The molecule has 0 radical (unpaired) electrons. The van der Waals surface area contributed by atoms with E-state index in [0.29, 0.717) is 6.04 Å². The minimum absolute atomic E-state index is 0.282. The van der Waals surface area contributed by atoms with Gasteiger partial charge in [0, 0.05) is 28.9 Å². The Kier molecular flexibility index (Phi) is 5.04. The van der Waals surface area contributed by atoms with E-state index in [0.717, 1.165) is 6.54 Å². The molecule has 1 fully saturated rings. The van der Waals surface area contributed by atoms with Crippen LogP contribution in [-0.2, 0) is 12.0 Å². The molecule has 2 nitrogen and oxygen atoms in total. The summed E-state index contributed by atoms with van der Waals surface area (Å²) in [4.78, 5) is 5.52. The predicted octanol–water partition coefficient (Wildman–Crippen LogP) is 3.62. The molecule has 0 amide bonds. The van der Waals surface area contributed by atoms with Gasteiger partial charge in [-0.3, -0.25) is 0 Å². The molecular weight excluding hydrogens is 252 g/mol. The van der Waals surface area contributed by atoms with E-state index < -0.39 is 0 Å². The molecule has 2 rings (SSSR count). The monoisotopic (exact) mass is 280 g/mol. The normalized spacial score (nSPS) is 18.9. The van der Waals surface area contributed by atoms with Crippen LogP contribution in [0.3, 0.4) is 0 Å². The van der Waals surface area contributed by atoms with Gasteiger partial charge in [0.2, 0.25) is 0 Å². The molecule has 1 aliphatic heterocycles. The van der Waals surface area contributed by atoms with Crippen LogP contribution >= 0.6 is 11.3 Å². The molecule has 1 aliphatic rings. The third-order valence-electron chi connectivity index (χ3n) is 3.76. The van der Waals surface area contributed by atoms with Gasteiger partial charge in [-0.2, -0.15) is 0 Å². The summed E-state index contributed by atoms with van der Waals surface area (Å²) in [6.07, 6.45) is 2.76. The van der Waals surface area contributed by atoms with Gasteiger partial charge >= 0.3 is 0 Å². The van der Waals surface area contributed by atoms with Crippen molar-refractivity contribution in [1.82, 2.24) is 10.2 Å². The molecule has 2 heterocycles. The van der Waals surface area contributed by atoms with E-state index in [2.05, 4.69) is 50.0 Å². The second-order valence-corrected chi connectivity index (χ2v) is 7.97. The Bertz CT molecular complexity index is 386. The fourth-order valence-corrected chi connectivity index (χ4v) is 3.58. The Morgan fingerprint density at radius 3 is 2.53 bits per heavy atom. The van der Waals surface area contributed by atoms with Crippen molar-refractivity contribution < 1.29 is 0 Å². The molecule has 0 aromatic carbocycles. The summed E-state index contributed by atoms with van der Waals surface area (Å²) < 4.78 is 0. The lowest BCUT2D eigenvalue weighted by molar-refractivity contribution is 0.298. The first-order valence-corrected chi connectivity index (χ1v) is 8.32. The van der Waals surface area contributed by atoms with Crippen LogP contribution in [0.15, 0.2) is 12.1 Å². The van der Waals surface area contributed by atoms with Gasteiger partial charge in [0.1, 0.15) is 0 Å². The molecule has 1 aromatic rings. The van der Waals surface area contributed by atoms with Gasteiger partial charge in [0.15, 0.2) is 0 Å². The third-order valence-corrected chi connectivity index (χ3v) is 5.27. The standard InChI is InChI=1S/C16H28N2S/c1-13(12-18-9-5-6-10-18)17-11-14-7-8-15(19-14)16(2,3)4/h7-8,13,17H,5-6,9-12H2,1-4H3. The maximum Gasteiger partial charge on any atom is 0.0302 e. The number of hydrogen-bond acceptors (Lipinski definition) is 3. The summed E-state index contributed by atoms with van der Waals surface area (Å²) in [5.74, 6) is 0. The van der Waals surface area contributed by atoms with Crippen molar-refractivity contribution in [2.75, 3.05) is 19.6 Å². The molecule has 3 heteroatoms. The average Bonchev–Trinajstić information content (AvgIpc) is 2.95. The van der Waals surface area contributed by atoms with Crippen molar-refractivity contribution in [1.29, 1.82) is 0 Å². The van der Waals surface area contributed by atoms with Gasteiger partial charge in [-0.05, 0) is 50.4 Å². The van der Waals surface area contributed by atoms with Gasteiger partial charge < -0.3 is 10.2 Å². The molecule has 19 heavy (non-hydrogen) atoms. The van der Waals surface area contributed by atoms with Crippen molar-refractivity contribution in [2.24, 2.45) is 0 Å².